The lowest BCUT2D eigenvalue weighted by molar-refractivity contribution is -0.137. The van der Waals surface area contributed by atoms with Crippen LogP contribution in [0.2, 0.25) is 0 Å². The Morgan fingerprint density at radius 2 is 1.91 bits per heavy atom. The Labute approximate surface area is 245 Å². The highest BCUT2D eigenvalue weighted by molar-refractivity contribution is 6.08. The molecule has 1 unspecified atom stereocenters. The first-order valence-corrected chi connectivity index (χ1v) is 13.7. The maximum absolute atomic E-state index is 13.8. The van der Waals surface area contributed by atoms with Crippen molar-refractivity contribution in [2.75, 3.05) is 23.8 Å². The van der Waals surface area contributed by atoms with Gasteiger partial charge in [-0.3, -0.25) is 9.89 Å². The molecule has 2 aromatic heterocycles. The molecular weight excluding hydrogens is 565 g/mol. The largest absolute Gasteiger partial charge is 0.491 e. The summed E-state index contributed by atoms with van der Waals surface area (Å²) in [5.41, 5.74) is -0.268. The number of halogens is 3. The van der Waals surface area contributed by atoms with Crippen molar-refractivity contribution >= 4 is 40.1 Å². The van der Waals surface area contributed by atoms with Crippen LogP contribution in [0.5, 0.6) is 5.75 Å². The Balaban J connectivity index is 1.33. The van der Waals surface area contributed by atoms with Gasteiger partial charge in [0, 0.05) is 35.6 Å². The van der Waals surface area contributed by atoms with Gasteiger partial charge in [0.1, 0.15) is 23.8 Å². The third-order valence-electron chi connectivity index (χ3n) is 6.70. The number of nitrogens with zero attached hydrogens (tertiary/aromatic N) is 3. The number of amides is 2. The van der Waals surface area contributed by atoms with Crippen molar-refractivity contribution in [1.29, 1.82) is 0 Å². The Kier molecular flexibility index (Phi) is 8.16. The maximum atomic E-state index is 13.8. The topological polar surface area (TPSA) is 121 Å². The first kappa shape index (κ1) is 29.7. The molecule has 13 heteroatoms. The van der Waals surface area contributed by atoms with Gasteiger partial charge in [-0.25, -0.2) is 9.78 Å². The lowest BCUT2D eigenvalue weighted by Gasteiger charge is -2.28. The fraction of sp³-hybridized carbons (Fsp3) is 0.333. The van der Waals surface area contributed by atoms with Crippen LogP contribution in [0.3, 0.4) is 0 Å². The number of benzene rings is 2. The summed E-state index contributed by atoms with van der Waals surface area (Å²) < 4.78 is 52.6. The van der Waals surface area contributed by atoms with E-state index in [1.54, 1.807) is 45.2 Å². The SMILES string of the molecule is CC(C)(C)OC(=O)N1CCCC1COc1cc(NC(=O)c2cccnc2Nc2ccc3cn[nH]c3c2)cc(C(F)(F)F)c1. The Bertz CT molecular complexity index is 1630. The maximum Gasteiger partial charge on any atom is 0.416 e. The highest BCUT2D eigenvalue weighted by Crippen LogP contribution is 2.35. The normalized spacial score (nSPS) is 15.4. The number of anilines is 3. The van der Waals surface area contributed by atoms with Gasteiger partial charge in [0.25, 0.3) is 5.91 Å². The van der Waals surface area contributed by atoms with Gasteiger partial charge in [-0.05, 0) is 76.1 Å². The van der Waals surface area contributed by atoms with Gasteiger partial charge in [0.05, 0.1) is 28.9 Å². The van der Waals surface area contributed by atoms with Gasteiger partial charge in [-0.15, -0.1) is 0 Å². The molecule has 1 atom stereocenters. The molecule has 0 spiro atoms. The molecule has 2 amide bonds. The van der Waals surface area contributed by atoms with Crippen LogP contribution < -0.4 is 15.4 Å². The molecule has 5 rings (SSSR count). The molecule has 1 aliphatic rings. The van der Waals surface area contributed by atoms with E-state index in [0.717, 1.165) is 23.0 Å². The zero-order valence-corrected chi connectivity index (χ0v) is 23.8. The van der Waals surface area contributed by atoms with Crippen molar-refractivity contribution in [1.82, 2.24) is 20.1 Å². The summed E-state index contributed by atoms with van der Waals surface area (Å²) in [6.07, 6.45) is -0.688. The third-order valence-corrected chi connectivity index (χ3v) is 6.70. The molecular formula is C30H31F3N6O4. The van der Waals surface area contributed by atoms with E-state index >= 15 is 0 Å². The van der Waals surface area contributed by atoms with Crippen molar-refractivity contribution in [2.24, 2.45) is 0 Å². The van der Waals surface area contributed by atoms with E-state index in [2.05, 4.69) is 25.8 Å². The monoisotopic (exact) mass is 596 g/mol. The molecule has 4 aromatic rings. The molecule has 0 radical (unpaired) electrons. The Morgan fingerprint density at radius 1 is 1.09 bits per heavy atom. The number of H-pyrrole nitrogens is 1. The van der Waals surface area contributed by atoms with E-state index in [9.17, 15) is 22.8 Å². The minimum atomic E-state index is -4.69. The highest BCUT2D eigenvalue weighted by Gasteiger charge is 2.34. The second kappa shape index (κ2) is 11.8. The van der Waals surface area contributed by atoms with Gasteiger partial charge in [-0.1, -0.05) is 0 Å². The van der Waals surface area contributed by atoms with Gasteiger partial charge in [-0.2, -0.15) is 18.3 Å². The molecule has 1 saturated heterocycles. The van der Waals surface area contributed by atoms with Gasteiger partial charge in [0.15, 0.2) is 0 Å². The fourth-order valence-corrected chi connectivity index (χ4v) is 4.72. The van der Waals surface area contributed by atoms with Crippen molar-refractivity contribution < 1.29 is 32.2 Å². The predicted octanol–water partition coefficient (Wildman–Crippen LogP) is 6.75. The molecule has 0 aliphatic carbocycles. The number of hydrogen-bond donors (Lipinski definition) is 3. The first-order chi connectivity index (χ1) is 20.4. The average Bonchev–Trinajstić information content (AvgIpc) is 3.60. The summed E-state index contributed by atoms with van der Waals surface area (Å²) >= 11 is 0. The first-order valence-electron chi connectivity index (χ1n) is 13.7. The van der Waals surface area contributed by atoms with E-state index in [4.69, 9.17) is 9.47 Å². The molecule has 10 nitrogen and oxygen atoms in total. The van der Waals surface area contributed by atoms with Crippen LogP contribution in [0.4, 0.5) is 35.2 Å². The highest BCUT2D eigenvalue weighted by atomic mass is 19.4. The minimum Gasteiger partial charge on any atom is -0.491 e. The number of likely N-dealkylation sites (tertiary alicyclic amines) is 1. The molecule has 1 fully saturated rings. The lowest BCUT2D eigenvalue weighted by atomic mass is 10.1. The number of aromatic amines is 1. The van der Waals surface area contributed by atoms with Gasteiger partial charge < -0.3 is 25.0 Å². The Morgan fingerprint density at radius 3 is 2.67 bits per heavy atom. The van der Waals surface area contributed by atoms with Crippen molar-refractivity contribution in [2.45, 2.75) is 51.4 Å². The Hall–Kier alpha value is -4.81. The van der Waals surface area contributed by atoms with E-state index < -0.39 is 29.3 Å². The molecule has 226 valence electrons. The number of rotatable bonds is 7. The van der Waals surface area contributed by atoms with Gasteiger partial charge >= 0.3 is 12.3 Å². The standard InChI is InChI=1S/C30H31F3N6O4/c1-29(2,3)43-28(41)39-11-5-6-22(39)17-42-23-13-19(30(31,32)33)12-21(14-23)37-27(40)24-7-4-10-34-26(24)36-20-9-8-18-16-35-38-25(18)15-20/h4,7-10,12-16,22H,5-6,11,17H2,1-3H3,(H,34,36)(H,35,38)(H,37,40). The number of pyridine rings is 1. The number of carbonyl (C=O) groups is 2. The van der Waals surface area contributed by atoms with Crippen molar-refractivity contribution in [3.63, 3.8) is 0 Å². The van der Waals surface area contributed by atoms with Crippen LogP contribution in [-0.2, 0) is 10.9 Å². The molecule has 1 aliphatic heterocycles. The number of fused-ring (bicyclic) bond motifs is 1. The second-order valence-electron chi connectivity index (χ2n) is 11.2. The van der Waals surface area contributed by atoms with Crippen LogP contribution in [0.25, 0.3) is 10.9 Å². The number of nitrogens with one attached hydrogen (secondary N) is 3. The van der Waals surface area contributed by atoms with E-state index in [1.807, 2.05) is 6.07 Å². The van der Waals surface area contributed by atoms with E-state index in [1.165, 1.54) is 23.2 Å². The summed E-state index contributed by atoms with van der Waals surface area (Å²) in [5, 5.41) is 13.4. The number of hydrogen-bond acceptors (Lipinski definition) is 7. The third kappa shape index (κ3) is 7.34. The van der Waals surface area contributed by atoms with E-state index in [0.29, 0.717) is 25.1 Å². The smallest absolute Gasteiger partial charge is 0.416 e. The summed E-state index contributed by atoms with van der Waals surface area (Å²) in [5.74, 6) is -0.556. The lowest BCUT2D eigenvalue weighted by Crippen LogP contribution is -2.42. The van der Waals surface area contributed by atoms with Crippen LogP contribution >= 0.6 is 0 Å². The van der Waals surface area contributed by atoms with Crippen LogP contribution in [0.1, 0.15) is 49.5 Å². The number of carbonyl (C=O) groups excluding carboxylic acids is 2. The second-order valence-corrected chi connectivity index (χ2v) is 11.2. The number of ether oxygens (including phenoxy) is 2. The van der Waals surface area contributed by atoms with Crippen LogP contribution in [-0.4, -0.2) is 56.9 Å². The van der Waals surface area contributed by atoms with Gasteiger partial charge in [0.2, 0.25) is 0 Å². The van der Waals surface area contributed by atoms with Crippen LogP contribution in [0.15, 0.2) is 60.9 Å². The number of aromatic nitrogens is 3. The zero-order chi connectivity index (χ0) is 30.8. The van der Waals surface area contributed by atoms with Crippen LogP contribution in [0, 0.1) is 0 Å². The predicted molar refractivity (Wildman–Crippen MR) is 154 cm³/mol. The van der Waals surface area contributed by atoms with Crippen molar-refractivity contribution in [3.05, 3.63) is 72.1 Å². The fourth-order valence-electron chi connectivity index (χ4n) is 4.72. The molecule has 3 N–H and O–H groups in total. The molecule has 2 aromatic carbocycles. The quantitative estimate of drug-likeness (QED) is 0.216. The van der Waals surface area contributed by atoms with Crippen molar-refractivity contribution in [3.8, 4) is 5.75 Å². The molecule has 0 saturated carbocycles. The summed E-state index contributed by atoms with van der Waals surface area (Å²) in [6.45, 7) is 5.70. The molecule has 0 bridgehead atoms. The zero-order valence-electron chi connectivity index (χ0n) is 23.8. The summed E-state index contributed by atoms with van der Waals surface area (Å²) in [4.78, 5) is 31.7. The number of alkyl halides is 3. The average molecular weight is 597 g/mol. The van der Waals surface area contributed by atoms with E-state index in [-0.39, 0.29) is 35.5 Å². The molecule has 43 heavy (non-hydrogen) atoms. The summed E-state index contributed by atoms with van der Waals surface area (Å²) in [7, 11) is 0. The minimum absolute atomic E-state index is 0.0364. The summed E-state index contributed by atoms with van der Waals surface area (Å²) in [6, 6.07) is 11.1. The molecule has 3 heterocycles.